The smallest absolute Gasteiger partial charge is 0.410 e. The standard InChI is InChI=1S/C23H26F2N2O5/c1-13(2)11-32-23(29)27-9-8-14-10-15(4-5-16(14)21(27)22(28)30-3)31-12-17-18(24)6-7-19(26)20(17)25/h4-7,10,13,21H,8-9,11-12,26H2,1-3H3. The van der Waals surface area contributed by atoms with Crippen molar-refractivity contribution in [3.8, 4) is 5.75 Å². The van der Waals surface area contributed by atoms with E-state index in [9.17, 15) is 18.4 Å². The number of carbonyl (C=O) groups excluding carboxylic acids is 2. The second kappa shape index (κ2) is 9.84. The monoisotopic (exact) mass is 448 g/mol. The Kier molecular flexibility index (Phi) is 7.17. The molecule has 1 aliphatic heterocycles. The second-order valence-corrected chi connectivity index (χ2v) is 7.92. The number of benzene rings is 2. The van der Waals surface area contributed by atoms with Crippen LogP contribution in [0.4, 0.5) is 19.3 Å². The number of hydrogen-bond donors (Lipinski definition) is 1. The van der Waals surface area contributed by atoms with Crippen molar-refractivity contribution in [2.75, 3.05) is 26.0 Å². The van der Waals surface area contributed by atoms with Gasteiger partial charge in [-0.2, -0.15) is 0 Å². The minimum Gasteiger partial charge on any atom is -0.489 e. The number of fused-ring (bicyclic) bond motifs is 1. The van der Waals surface area contributed by atoms with Gasteiger partial charge >= 0.3 is 12.1 Å². The van der Waals surface area contributed by atoms with Crippen LogP contribution >= 0.6 is 0 Å². The van der Waals surface area contributed by atoms with Crippen molar-refractivity contribution in [1.82, 2.24) is 4.90 Å². The van der Waals surface area contributed by atoms with E-state index in [1.165, 1.54) is 12.0 Å². The van der Waals surface area contributed by atoms with Crippen LogP contribution in [0.1, 0.15) is 36.6 Å². The molecule has 0 bridgehead atoms. The molecule has 0 spiro atoms. The molecule has 2 aromatic carbocycles. The van der Waals surface area contributed by atoms with Crippen LogP contribution in [0.2, 0.25) is 0 Å². The number of amides is 1. The average molecular weight is 448 g/mol. The molecule has 0 radical (unpaired) electrons. The lowest BCUT2D eigenvalue weighted by Crippen LogP contribution is -2.44. The van der Waals surface area contributed by atoms with Crippen LogP contribution in [0.3, 0.4) is 0 Å². The van der Waals surface area contributed by atoms with Gasteiger partial charge in [-0.15, -0.1) is 0 Å². The largest absolute Gasteiger partial charge is 0.489 e. The summed E-state index contributed by atoms with van der Waals surface area (Å²) in [5.74, 6) is -1.68. The topological polar surface area (TPSA) is 91.1 Å². The number of hydrogen-bond acceptors (Lipinski definition) is 6. The summed E-state index contributed by atoms with van der Waals surface area (Å²) in [6, 6.07) is 6.17. The van der Waals surface area contributed by atoms with Crippen molar-refractivity contribution < 1.29 is 32.6 Å². The molecule has 1 unspecified atom stereocenters. The van der Waals surface area contributed by atoms with Gasteiger partial charge in [-0.1, -0.05) is 19.9 Å². The minimum absolute atomic E-state index is 0.155. The summed E-state index contributed by atoms with van der Waals surface area (Å²) in [6.45, 7) is 3.96. The van der Waals surface area contributed by atoms with Crippen molar-refractivity contribution >= 4 is 17.7 Å². The Morgan fingerprint density at radius 3 is 2.66 bits per heavy atom. The number of nitrogens with zero attached hydrogens (tertiary/aromatic N) is 1. The summed E-state index contributed by atoms with van der Waals surface area (Å²) in [5.41, 5.74) is 6.41. The van der Waals surface area contributed by atoms with E-state index in [1.807, 2.05) is 13.8 Å². The molecule has 0 aromatic heterocycles. The third kappa shape index (κ3) is 4.92. The number of carbonyl (C=O) groups is 2. The summed E-state index contributed by atoms with van der Waals surface area (Å²) in [7, 11) is 1.25. The summed E-state index contributed by atoms with van der Waals surface area (Å²) < 4.78 is 43.8. The zero-order valence-electron chi connectivity index (χ0n) is 18.2. The molecule has 9 heteroatoms. The molecule has 32 heavy (non-hydrogen) atoms. The highest BCUT2D eigenvalue weighted by atomic mass is 19.1. The molecule has 0 aliphatic carbocycles. The fraction of sp³-hybridized carbons (Fsp3) is 0.391. The molecule has 0 fully saturated rings. The molecule has 7 nitrogen and oxygen atoms in total. The molecule has 1 amide bonds. The Hall–Kier alpha value is -3.36. The van der Waals surface area contributed by atoms with Crippen LogP contribution in [0, 0.1) is 17.6 Å². The van der Waals surface area contributed by atoms with Gasteiger partial charge in [0.1, 0.15) is 18.2 Å². The maximum absolute atomic E-state index is 14.1. The molecule has 0 saturated carbocycles. The highest BCUT2D eigenvalue weighted by Gasteiger charge is 2.38. The maximum atomic E-state index is 14.1. The van der Waals surface area contributed by atoms with E-state index >= 15 is 0 Å². The SMILES string of the molecule is COC(=O)C1c2ccc(OCc3c(F)ccc(N)c3F)cc2CCN1C(=O)OCC(C)C. The Balaban J connectivity index is 1.81. The first-order valence-electron chi connectivity index (χ1n) is 10.2. The lowest BCUT2D eigenvalue weighted by atomic mass is 9.92. The normalized spacial score (nSPS) is 15.3. The third-order valence-corrected chi connectivity index (χ3v) is 5.14. The molecule has 1 atom stereocenters. The zero-order valence-corrected chi connectivity index (χ0v) is 18.2. The fourth-order valence-corrected chi connectivity index (χ4v) is 3.48. The summed E-state index contributed by atoms with van der Waals surface area (Å²) in [5, 5.41) is 0. The number of rotatable bonds is 6. The van der Waals surface area contributed by atoms with Gasteiger partial charge in [0.15, 0.2) is 11.9 Å². The summed E-state index contributed by atoms with van der Waals surface area (Å²) >= 11 is 0. The van der Waals surface area contributed by atoms with Gasteiger partial charge in [0.2, 0.25) is 0 Å². The first-order chi connectivity index (χ1) is 15.2. The first-order valence-corrected chi connectivity index (χ1v) is 10.2. The van der Waals surface area contributed by atoms with E-state index in [2.05, 4.69) is 0 Å². The Labute approximate surface area is 185 Å². The van der Waals surface area contributed by atoms with Crippen LogP contribution in [-0.4, -0.2) is 37.2 Å². The van der Waals surface area contributed by atoms with Crippen LogP contribution < -0.4 is 10.5 Å². The molecule has 1 heterocycles. The average Bonchev–Trinajstić information content (AvgIpc) is 2.78. The summed E-state index contributed by atoms with van der Waals surface area (Å²) in [6.07, 6.45) is -0.148. The quantitative estimate of drug-likeness (QED) is 0.531. The van der Waals surface area contributed by atoms with Crippen LogP contribution in [0.25, 0.3) is 0 Å². The van der Waals surface area contributed by atoms with E-state index in [0.29, 0.717) is 17.7 Å². The lowest BCUT2D eigenvalue weighted by molar-refractivity contribution is -0.147. The van der Waals surface area contributed by atoms with Gasteiger partial charge in [0.25, 0.3) is 0 Å². The molecule has 0 saturated heterocycles. The predicted octanol–water partition coefficient (Wildman–Crippen LogP) is 3.99. The van der Waals surface area contributed by atoms with Crippen molar-refractivity contribution in [2.24, 2.45) is 5.92 Å². The number of anilines is 1. The molecule has 3 rings (SSSR count). The van der Waals surface area contributed by atoms with E-state index in [-0.39, 0.29) is 36.9 Å². The minimum atomic E-state index is -0.957. The number of methoxy groups -OCH3 is 1. The highest BCUT2D eigenvalue weighted by molar-refractivity contribution is 5.84. The second-order valence-electron chi connectivity index (χ2n) is 7.92. The van der Waals surface area contributed by atoms with E-state index in [4.69, 9.17) is 19.9 Å². The van der Waals surface area contributed by atoms with Crippen molar-refractivity contribution in [3.63, 3.8) is 0 Å². The molecule has 172 valence electrons. The predicted molar refractivity (Wildman–Crippen MR) is 113 cm³/mol. The molecular formula is C23H26F2N2O5. The number of nitrogens with two attached hydrogens (primary N) is 1. The van der Waals surface area contributed by atoms with Gasteiger partial charge in [-0.3, -0.25) is 4.90 Å². The number of ether oxygens (including phenoxy) is 3. The van der Waals surface area contributed by atoms with E-state index < -0.39 is 29.7 Å². The Morgan fingerprint density at radius 1 is 1.22 bits per heavy atom. The lowest BCUT2D eigenvalue weighted by Gasteiger charge is -2.35. The van der Waals surface area contributed by atoms with Gasteiger partial charge in [0, 0.05) is 6.54 Å². The maximum Gasteiger partial charge on any atom is 0.410 e. The number of esters is 1. The summed E-state index contributed by atoms with van der Waals surface area (Å²) in [4.78, 5) is 26.4. The van der Waals surface area contributed by atoms with Gasteiger partial charge in [-0.05, 0) is 47.7 Å². The van der Waals surface area contributed by atoms with Gasteiger partial charge in [-0.25, -0.2) is 18.4 Å². The molecule has 1 aliphatic rings. The van der Waals surface area contributed by atoms with Crippen molar-refractivity contribution in [3.05, 3.63) is 58.7 Å². The zero-order chi connectivity index (χ0) is 23.4. The third-order valence-electron chi connectivity index (χ3n) is 5.14. The Morgan fingerprint density at radius 2 is 1.97 bits per heavy atom. The molecular weight excluding hydrogens is 422 g/mol. The van der Waals surface area contributed by atoms with Crippen molar-refractivity contribution in [1.29, 1.82) is 0 Å². The van der Waals surface area contributed by atoms with Crippen LogP contribution in [0.15, 0.2) is 30.3 Å². The molecule has 2 N–H and O–H groups in total. The van der Waals surface area contributed by atoms with E-state index in [0.717, 1.165) is 17.7 Å². The highest BCUT2D eigenvalue weighted by Crippen LogP contribution is 2.34. The van der Waals surface area contributed by atoms with Gasteiger partial charge < -0.3 is 19.9 Å². The Bertz CT molecular complexity index is 1010. The number of halogens is 2. The van der Waals surface area contributed by atoms with E-state index in [1.54, 1.807) is 18.2 Å². The number of nitrogen functional groups attached to an aromatic ring is 1. The van der Waals surface area contributed by atoms with Crippen LogP contribution in [0.5, 0.6) is 5.75 Å². The van der Waals surface area contributed by atoms with Gasteiger partial charge in [0.05, 0.1) is 25.0 Å². The molecule has 2 aromatic rings. The first kappa shape index (κ1) is 23.3. The van der Waals surface area contributed by atoms with Crippen LogP contribution in [-0.2, 0) is 27.3 Å². The van der Waals surface area contributed by atoms with Crippen molar-refractivity contribution in [2.45, 2.75) is 32.9 Å². The fourth-order valence-electron chi connectivity index (χ4n) is 3.48.